The predicted molar refractivity (Wildman–Crippen MR) is 102 cm³/mol. The van der Waals surface area contributed by atoms with Gasteiger partial charge in [0.1, 0.15) is 0 Å². The van der Waals surface area contributed by atoms with Gasteiger partial charge < -0.3 is 10.2 Å². The fourth-order valence-corrected chi connectivity index (χ4v) is 2.76. The molecule has 5 nitrogen and oxygen atoms in total. The number of benzene rings is 2. The van der Waals surface area contributed by atoms with Crippen molar-refractivity contribution in [1.82, 2.24) is 10.4 Å². The zero-order chi connectivity index (χ0) is 19.1. The molecule has 5 heteroatoms. The molecule has 0 unspecified atom stereocenters. The maximum absolute atomic E-state index is 12.5. The smallest absolute Gasteiger partial charge is 0.241 e. The lowest BCUT2D eigenvalue weighted by atomic mass is 9.96. The second kappa shape index (κ2) is 9.48. The Kier molecular flexibility index (Phi) is 7.33. The highest BCUT2D eigenvalue weighted by Crippen LogP contribution is 2.18. The molecule has 0 aliphatic rings. The van der Waals surface area contributed by atoms with Crippen molar-refractivity contribution in [1.29, 1.82) is 0 Å². The first-order valence-corrected chi connectivity index (χ1v) is 8.93. The molecule has 0 saturated carbocycles. The van der Waals surface area contributed by atoms with E-state index in [9.17, 15) is 15.0 Å². The lowest BCUT2D eigenvalue weighted by Crippen LogP contribution is -2.49. The van der Waals surface area contributed by atoms with Gasteiger partial charge in [-0.05, 0) is 36.0 Å². The second-order valence-electron chi connectivity index (χ2n) is 7.00. The van der Waals surface area contributed by atoms with E-state index in [2.05, 4.69) is 19.3 Å². The molecular formula is C21H28N2O3. The van der Waals surface area contributed by atoms with Crippen LogP contribution < -0.4 is 5.43 Å². The van der Waals surface area contributed by atoms with E-state index in [0.717, 1.165) is 22.6 Å². The third kappa shape index (κ3) is 5.95. The van der Waals surface area contributed by atoms with Crippen LogP contribution in [0.4, 0.5) is 0 Å². The average molecular weight is 356 g/mol. The first kappa shape index (κ1) is 20.1. The summed E-state index contributed by atoms with van der Waals surface area (Å²) < 4.78 is 0. The monoisotopic (exact) mass is 356 g/mol. The Morgan fingerprint density at radius 2 is 1.58 bits per heavy atom. The first-order chi connectivity index (χ1) is 12.4. The highest BCUT2D eigenvalue weighted by Gasteiger charge is 2.21. The Hall–Kier alpha value is -2.21. The number of carbonyl (C=O) groups is 1. The van der Waals surface area contributed by atoms with Crippen molar-refractivity contribution < 1.29 is 15.0 Å². The quantitative estimate of drug-likeness (QED) is 0.502. The van der Waals surface area contributed by atoms with E-state index >= 15 is 0 Å². The molecule has 0 aliphatic carbocycles. The van der Waals surface area contributed by atoms with E-state index in [-0.39, 0.29) is 12.5 Å². The summed E-state index contributed by atoms with van der Waals surface area (Å²) in [6, 6.07) is 17.3. The SMILES string of the molecule is CC(C)Cc1ccc([C@@H](C)C(=O)NN(Cc2ccccc2)C(O)O)cc1. The molecular weight excluding hydrogens is 328 g/mol. The zero-order valence-electron chi connectivity index (χ0n) is 15.6. The number of hydrogen-bond acceptors (Lipinski definition) is 4. The first-order valence-electron chi connectivity index (χ1n) is 8.93. The Bertz CT molecular complexity index is 684. The van der Waals surface area contributed by atoms with Gasteiger partial charge in [0.15, 0.2) is 0 Å². The van der Waals surface area contributed by atoms with Crippen LogP contribution >= 0.6 is 0 Å². The summed E-state index contributed by atoms with van der Waals surface area (Å²) in [5.74, 6) is -0.107. The molecule has 140 valence electrons. The summed E-state index contributed by atoms with van der Waals surface area (Å²) in [7, 11) is 0. The van der Waals surface area contributed by atoms with Crippen LogP contribution in [0.1, 0.15) is 43.4 Å². The number of nitrogens with one attached hydrogen (secondary N) is 1. The summed E-state index contributed by atoms with van der Waals surface area (Å²) >= 11 is 0. The number of aliphatic hydroxyl groups excluding tert-OH is 1. The Morgan fingerprint density at radius 3 is 2.12 bits per heavy atom. The Morgan fingerprint density at radius 1 is 0.962 bits per heavy atom. The van der Waals surface area contributed by atoms with Gasteiger partial charge in [0, 0.05) is 6.54 Å². The normalized spacial score (nSPS) is 12.6. The van der Waals surface area contributed by atoms with Crippen molar-refractivity contribution in [2.45, 2.75) is 46.1 Å². The van der Waals surface area contributed by atoms with Crippen LogP contribution in [0.25, 0.3) is 0 Å². The van der Waals surface area contributed by atoms with Crippen LogP contribution in [0.2, 0.25) is 0 Å². The molecule has 3 N–H and O–H groups in total. The largest absolute Gasteiger partial charge is 0.355 e. The van der Waals surface area contributed by atoms with Crippen LogP contribution in [0.15, 0.2) is 54.6 Å². The standard InChI is InChI=1S/C21H28N2O3/c1-15(2)13-17-9-11-19(12-10-17)16(3)20(24)22-23(21(25)26)14-18-7-5-4-6-8-18/h4-12,15-16,21,25-26H,13-14H2,1-3H3,(H,22,24)/t16-/m1/s1. The molecule has 1 atom stereocenters. The van der Waals surface area contributed by atoms with Crippen molar-refractivity contribution in [3.8, 4) is 0 Å². The molecule has 0 aliphatic heterocycles. The highest BCUT2D eigenvalue weighted by atomic mass is 16.5. The molecule has 0 aromatic heterocycles. The molecule has 0 fully saturated rings. The zero-order valence-corrected chi connectivity index (χ0v) is 15.6. The molecule has 2 aromatic rings. The maximum atomic E-state index is 12.5. The molecule has 0 spiro atoms. The van der Waals surface area contributed by atoms with E-state index in [1.54, 1.807) is 6.92 Å². The van der Waals surface area contributed by atoms with Crippen molar-refractivity contribution in [3.63, 3.8) is 0 Å². The van der Waals surface area contributed by atoms with Crippen molar-refractivity contribution in [2.24, 2.45) is 5.92 Å². The lowest BCUT2D eigenvalue weighted by Gasteiger charge is -2.26. The van der Waals surface area contributed by atoms with Gasteiger partial charge in [-0.25, -0.2) is 0 Å². The van der Waals surface area contributed by atoms with E-state index in [1.165, 1.54) is 5.56 Å². The van der Waals surface area contributed by atoms with Gasteiger partial charge in [-0.1, -0.05) is 68.4 Å². The second-order valence-corrected chi connectivity index (χ2v) is 7.00. The third-order valence-corrected chi connectivity index (χ3v) is 4.25. The number of rotatable bonds is 8. The molecule has 1 amide bonds. The topological polar surface area (TPSA) is 72.8 Å². The van der Waals surface area contributed by atoms with Gasteiger partial charge in [0.05, 0.1) is 5.92 Å². The predicted octanol–water partition coefficient (Wildman–Crippen LogP) is 2.79. The number of hydrogen-bond donors (Lipinski definition) is 3. The molecule has 0 heterocycles. The van der Waals surface area contributed by atoms with Gasteiger partial charge in [-0.15, -0.1) is 0 Å². The van der Waals surface area contributed by atoms with Crippen molar-refractivity contribution in [2.75, 3.05) is 0 Å². The third-order valence-electron chi connectivity index (χ3n) is 4.25. The molecule has 2 rings (SSSR count). The van der Waals surface area contributed by atoms with E-state index < -0.39 is 12.3 Å². The number of hydrazine groups is 1. The summed E-state index contributed by atoms with van der Waals surface area (Å²) in [5, 5.41) is 20.2. The molecule has 26 heavy (non-hydrogen) atoms. The van der Waals surface area contributed by atoms with Gasteiger partial charge in [0.2, 0.25) is 12.3 Å². The lowest BCUT2D eigenvalue weighted by molar-refractivity contribution is -0.186. The number of carbonyl (C=O) groups excluding carboxylic acids is 1. The van der Waals surface area contributed by atoms with Gasteiger partial charge >= 0.3 is 0 Å². The van der Waals surface area contributed by atoms with Crippen LogP contribution in [0, 0.1) is 5.92 Å². The summed E-state index contributed by atoms with van der Waals surface area (Å²) in [4.78, 5) is 12.5. The fraction of sp³-hybridized carbons (Fsp3) is 0.381. The van der Waals surface area contributed by atoms with Gasteiger partial charge in [-0.3, -0.25) is 10.2 Å². The van der Waals surface area contributed by atoms with E-state index in [4.69, 9.17) is 0 Å². The highest BCUT2D eigenvalue weighted by molar-refractivity contribution is 5.82. The van der Waals surface area contributed by atoms with Crippen LogP contribution in [0.3, 0.4) is 0 Å². The Balaban J connectivity index is 2.01. The molecule has 2 aromatic carbocycles. The van der Waals surface area contributed by atoms with Crippen molar-refractivity contribution in [3.05, 3.63) is 71.3 Å². The van der Waals surface area contributed by atoms with Gasteiger partial charge in [-0.2, -0.15) is 5.01 Å². The summed E-state index contributed by atoms with van der Waals surface area (Å²) in [6.07, 6.45) is -0.776. The minimum Gasteiger partial charge on any atom is -0.355 e. The summed E-state index contributed by atoms with van der Waals surface area (Å²) in [6.45, 7) is 6.35. The van der Waals surface area contributed by atoms with E-state index in [0.29, 0.717) is 5.92 Å². The van der Waals surface area contributed by atoms with Gasteiger partial charge in [0.25, 0.3) is 0 Å². The number of aliphatic hydroxyl groups is 2. The maximum Gasteiger partial charge on any atom is 0.241 e. The molecule has 0 saturated heterocycles. The number of amides is 1. The summed E-state index contributed by atoms with van der Waals surface area (Å²) in [5.41, 5.74) is 5.61. The van der Waals surface area contributed by atoms with Crippen LogP contribution in [0.5, 0.6) is 0 Å². The van der Waals surface area contributed by atoms with Crippen LogP contribution in [-0.2, 0) is 17.8 Å². The fourth-order valence-electron chi connectivity index (χ4n) is 2.76. The molecule has 0 bridgehead atoms. The molecule has 0 radical (unpaired) electrons. The Labute approximate surface area is 155 Å². The number of nitrogens with zero attached hydrogens (tertiary/aromatic N) is 1. The van der Waals surface area contributed by atoms with Crippen LogP contribution in [-0.4, -0.2) is 27.5 Å². The van der Waals surface area contributed by atoms with E-state index in [1.807, 2.05) is 54.6 Å². The minimum absolute atomic E-state index is 0.199. The average Bonchev–Trinajstić information content (AvgIpc) is 2.61. The van der Waals surface area contributed by atoms with Crippen molar-refractivity contribution >= 4 is 5.91 Å². The minimum atomic E-state index is -1.78.